The topological polar surface area (TPSA) is 53.0 Å². The molecular formula is C11H21N3. The molecule has 0 saturated carbocycles. The van der Waals surface area contributed by atoms with Crippen LogP contribution in [0.15, 0.2) is 0 Å². The Morgan fingerprint density at radius 2 is 2.00 bits per heavy atom. The number of unbranched alkanes of at least 4 members (excludes halogenated alkanes) is 2. The maximum absolute atomic E-state index is 8.86. The normalized spacial score (nSPS) is 21.8. The van der Waals surface area contributed by atoms with E-state index in [4.69, 9.17) is 11.0 Å². The first-order valence-corrected chi connectivity index (χ1v) is 5.63. The van der Waals surface area contributed by atoms with Crippen molar-refractivity contribution in [2.75, 3.05) is 19.6 Å². The van der Waals surface area contributed by atoms with Gasteiger partial charge in [0.2, 0.25) is 0 Å². The van der Waals surface area contributed by atoms with Crippen molar-refractivity contribution in [1.82, 2.24) is 4.90 Å². The van der Waals surface area contributed by atoms with Crippen molar-refractivity contribution in [2.24, 2.45) is 5.73 Å². The standard InChI is InChI=1S/C11H21N3/c1-2-3-4-7-14-8-5-11(13,10-12)6-9-14/h2-9,13H2,1H3. The van der Waals surface area contributed by atoms with Gasteiger partial charge in [0.25, 0.3) is 0 Å². The monoisotopic (exact) mass is 195 g/mol. The van der Waals surface area contributed by atoms with Gasteiger partial charge < -0.3 is 10.6 Å². The zero-order chi connectivity index (χ0) is 10.4. The summed E-state index contributed by atoms with van der Waals surface area (Å²) >= 11 is 0. The highest BCUT2D eigenvalue weighted by Gasteiger charge is 2.29. The first-order valence-electron chi connectivity index (χ1n) is 5.63. The third-order valence-corrected chi connectivity index (χ3v) is 3.05. The lowest BCUT2D eigenvalue weighted by Crippen LogP contribution is -2.49. The number of rotatable bonds is 4. The Balaban J connectivity index is 2.20. The molecule has 0 amide bonds. The molecule has 1 aliphatic rings. The van der Waals surface area contributed by atoms with Crippen molar-refractivity contribution < 1.29 is 0 Å². The van der Waals surface area contributed by atoms with E-state index in [1.807, 2.05) is 0 Å². The zero-order valence-electron chi connectivity index (χ0n) is 9.13. The number of nitriles is 1. The van der Waals surface area contributed by atoms with Gasteiger partial charge in [-0.25, -0.2) is 0 Å². The number of nitrogens with zero attached hydrogens (tertiary/aromatic N) is 2. The molecule has 0 radical (unpaired) electrons. The minimum Gasteiger partial charge on any atom is -0.313 e. The van der Waals surface area contributed by atoms with E-state index in [0.29, 0.717) is 0 Å². The molecular weight excluding hydrogens is 174 g/mol. The molecule has 1 heterocycles. The highest BCUT2D eigenvalue weighted by molar-refractivity contribution is 5.07. The van der Waals surface area contributed by atoms with Gasteiger partial charge in [0.1, 0.15) is 5.54 Å². The lowest BCUT2D eigenvalue weighted by atomic mass is 9.90. The van der Waals surface area contributed by atoms with E-state index in [-0.39, 0.29) is 0 Å². The van der Waals surface area contributed by atoms with Crippen LogP contribution in [0.25, 0.3) is 0 Å². The fourth-order valence-corrected chi connectivity index (χ4v) is 1.87. The molecule has 80 valence electrons. The molecule has 0 aromatic carbocycles. The first-order chi connectivity index (χ1) is 6.70. The summed E-state index contributed by atoms with van der Waals surface area (Å²) < 4.78 is 0. The minimum atomic E-state index is -0.540. The van der Waals surface area contributed by atoms with Crippen molar-refractivity contribution in [1.29, 1.82) is 5.26 Å². The maximum atomic E-state index is 8.86. The van der Waals surface area contributed by atoms with Crippen molar-refractivity contribution in [3.63, 3.8) is 0 Å². The predicted octanol–water partition coefficient (Wildman–Crippen LogP) is 1.49. The van der Waals surface area contributed by atoms with Gasteiger partial charge in [-0.1, -0.05) is 19.8 Å². The molecule has 0 aliphatic carbocycles. The number of piperidine rings is 1. The van der Waals surface area contributed by atoms with E-state index in [1.54, 1.807) is 0 Å². The van der Waals surface area contributed by atoms with E-state index in [9.17, 15) is 0 Å². The second kappa shape index (κ2) is 5.33. The van der Waals surface area contributed by atoms with E-state index in [1.165, 1.54) is 25.8 Å². The van der Waals surface area contributed by atoms with Gasteiger partial charge in [-0.2, -0.15) is 5.26 Å². The summed E-state index contributed by atoms with van der Waals surface area (Å²) in [4.78, 5) is 2.43. The summed E-state index contributed by atoms with van der Waals surface area (Å²) in [6.07, 6.45) is 5.52. The van der Waals surface area contributed by atoms with Crippen LogP contribution in [0, 0.1) is 11.3 Å². The zero-order valence-corrected chi connectivity index (χ0v) is 9.13. The van der Waals surface area contributed by atoms with Gasteiger partial charge in [-0.15, -0.1) is 0 Å². The molecule has 3 heteroatoms. The Bertz CT molecular complexity index is 199. The van der Waals surface area contributed by atoms with Gasteiger partial charge in [0, 0.05) is 13.1 Å². The van der Waals surface area contributed by atoms with Crippen LogP contribution in [-0.2, 0) is 0 Å². The second-order valence-electron chi connectivity index (χ2n) is 4.32. The van der Waals surface area contributed by atoms with Gasteiger partial charge in [-0.3, -0.25) is 0 Å². The third kappa shape index (κ3) is 3.28. The molecule has 0 bridgehead atoms. The fraction of sp³-hybridized carbons (Fsp3) is 0.909. The Hall–Kier alpha value is -0.590. The Labute approximate surface area is 86.9 Å². The maximum Gasteiger partial charge on any atom is 0.106 e. The highest BCUT2D eigenvalue weighted by atomic mass is 15.1. The van der Waals surface area contributed by atoms with Gasteiger partial charge in [0.15, 0.2) is 0 Å². The van der Waals surface area contributed by atoms with Crippen LogP contribution in [0.4, 0.5) is 0 Å². The van der Waals surface area contributed by atoms with Crippen molar-refractivity contribution in [3.05, 3.63) is 0 Å². The molecule has 1 saturated heterocycles. The first kappa shape index (κ1) is 11.5. The molecule has 0 spiro atoms. The van der Waals surface area contributed by atoms with Crippen LogP contribution < -0.4 is 5.73 Å². The molecule has 14 heavy (non-hydrogen) atoms. The summed E-state index contributed by atoms with van der Waals surface area (Å²) in [6.45, 7) is 5.38. The summed E-state index contributed by atoms with van der Waals surface area (Å²) in [6, 6.07) is 2.22. The van der Waals surface area contributed by atoms with E-state index < -0.39 is 5.54 Å². The molecule has 2 N–H and O–H groups in total. The number of hydrogen-bond acceptors (Lipinski definition) is 3. The molecule has 1 fully saturated rings. The van der Waals surface area contributed by atoms with Crippen molar-refractivity contribution in [2.45, 2.75) is 44.6 Å². The second-order valence-corrected chi connectivity index (χ2v) is 4.32. The highest BCUT2D eigenvalue weighted by Crippen LogP contribution is 2.18. The largest absolute Gasteiger partial charge is 0.313 e. The molecule has 3 nitrogen and oxygen atoms in total. The predicted molar refractivity (Wildman–Crippen MR) is 57.7 cm³/mol. The van der Waals surface area contributed by atoms with Crippen LogP contribution in [-0.4, -0.2) is 30.1 Å². The summed E-state index contributed by atoms with van der Waals surface area (Å²) in [7, 11) is 0. The molecule has 0 atom stereocenters. The summed E-state index contributed by atoms with van der Waals surface area (Å²) in [5, 5.41) is 8.86. The quantitative estimate of drug-likeness (QED) is 0.691. The van der Waals surface area contributed by atoms with Crippen LogP contribution in [0.1, 0.15) is 39.0 Å². The van der Waals surface area contributed by atoms with E-state index in [0.717, 1.165) is 25.9 Å². The molecule has 1 rings (SSSR count). The lowest BCUT2D eigenvalue weighted by molar-refractivity contribution is 0.185. The fourth-order valence-electron chi connectivity index (χ4n) is 1.87. The molecule has 0 aromatic heterocycles. The van der Waals surface area contributed by atoms with Gasteiger partial charge in [0.05, 0.1) is 6.07 Å². The van der Waals surface area contributed by atoms with Gasteiger partial charge in [-0.05, 0) is 25.8 Å². The van der Waals surface area contributed by atoms with Crippen molar-refractivity contribution in [3.8, 4) is 6.07 Å². The van der Waals surface area contributed by atoms with Gasteiger partial charge >= 0.3 is 0 Å². The van der Waals surface area contributed by atoms with Crippen LogP contribution in [0.2, 0.25) is 0 Å². The smallest absolute Gasteiger partial charge is 0.106 e. The van der Waals surface area contributed by atoms with Crippen LogP contribution in [0.3, 0.4) is 0 Å². The lowest BCUT2D eigenvalue weighted by Gasteiger charge is -2.34. The minimum absolute atomic E-state index is 0.540. The number of likely N-dealkylation sites (tertiary alicyclic amines) is 1. The Morgan fingerprint density at radius 1 is 1.36 bits per heavy atom. The molecule has 1 aliphatic heterocycles. The SMILES string of the molecule is CCCCCN1CCC(N)(C#N)CC1. The average molecular weight is 195 g/mol. The number of nitrogens with two attached hydrogens (primary N) is 1. The van der Waals surface area contributed by atoms with Crippen LogP contribution >= 0.6 is 0 Å². The van der Waals surface area contributed by atoms with Crippen molar-refractivity contribution >= 4 is 0 Å². The molecule has 0 unspecified atom stereocenters. The molecule has 0 aromatic rings. The average Bonchev–Trinajstić information content (AvgIpc) is 2.22. The van der Waals surface area contributed by atoms with E-state index in [2.05, 4.69) is 17.9 Å². The number of hydrogen-bond donors (Lipinski definition) is 1. The Morgan fingerprint density at radius 3 is 2.50 bits per heavy atom. The summed E-state index contributed by atoms with van der Waals surface area (Å²) in [5.41, 5.74) is 5.35. The Kier molecular flexibility index (Phi) is 4.37. The third-order valence-electron chi connectivity index (χ3n) is 3.05. The van der Waals surface area contributed by atoms with Crippen LogP contribution in [0.5, 0.6) is 0 Å². The summed E-state index contributed by atoms with van der Waals surface area (Å²) in [5.74, 6) is 0. The van der Waals surface area contributed by atoms with E-state index >= 15 is 0 Å².